The molecule has 0 aliphatic carbocycles. The van der Waals surface area contributed by atoms with Gasteiger partial charge in [0.25, 0.3) is 0 Å². The highest BCUT2D eigenvalue weighted by molar-refractivity contribution is 5.80. The average molecular weight is 380 g/mol. The number of fused-ring (bicyclic) bond motifs is 1. The molecule has 146 valence electrons. The Morgan fingerprint density at radius 3 is 2.68 bits per heavy atom. The van der Waals surface area contributed by atoms with Gasteiger partial charge in [0.05, 0.1) is 24.9 Å². The summed E-state index contributed by atoms with van der Waals surface area (Å²) >= 11 is 0. The second kappa shape index (κ2) is 8.17. The van der Waals surface area contributed by atoms with Crippen LogP contribution in [-0.4, -0.2) is 35.2 Å². The van der Waals surface area contributed by atoms with Crippen LogP contribution in [0.25, 0.3) is 11.1 Å². The van der Waals surface area contributed by atoms with E-state index in [1.165, 1.54) is 0 Å². The topological polar surface area (TPSA) is 101 Å². The number of pyridine rings is 1. The number of benzene rings is 1. The van der Waals surface area contributed by atoms with E-state index in [-0.39, 0.29) is 18.0 Å². The summed E-state index contributed by atoms with van der Waals surface area (Å²) in [7, 11) is 0. The van der Waals surface area contributed by atoms with E-state index in [1.54, 1.807) is 11.8 Å². The number of nitriles is 1. The van der Waals surface area contributed by atoms with Crippen LogP contribution >= 0.6 is 0 Å². The summed E-state index contributed by atoms with van der Waals surface area (Å²) in [6.45, 7) is 6.85. The van der Waals surface area contributed by atoms with Gasteiger partial charge in [-0.05, 0) is 38.5 Å². The van der Waals surface area contributed by atoms with E-state index in [0.717, 1.165) is 28.1 Å². The van der Waals surface area contributed by atoms with Crippen molar-refractivity contribution in [3.63, 3.8) is 0 Å². The second-order valence-corrected chi connectivity index (χ2v) is 6.85. The Morgan fingerprint density at radius 2 is 2.07 bits per heavy atom. The first-order chi connectivity index (χ1) is 13.4. The van der Waals surface area contributed by atoms with E-state index in [2.05, 4.69) is 11.1 Å². The fourth-order valence-corrected chi connectivity index (χ4v) is 3.35. The van der Waals surface area contributed by atoms with Crippen molar-refractivity contribution in [1.29, 1.82) is 5.26 Å². The first-order valence-electron chi connectivity index (χ1n) is 9.34. The Labute approximate surface area is 164 Å². The minimum atomic E-state index is -0.366. The van der Waals surface area contributed by atoms with Gasteiger partial charge in [-0.1, -0.05) is 12.1 Å². The number of hydrogen-bond acceptors (Lipinski definition) is 6. The monoisotopic (exact) mass is 380 g/mol. The fraction of sp³-hybridized carbons (Fsp3) is 0.381. The third-order valence-electron chi connectivity index (χ3n) is 4.53. The van der Waals surface area contributed by atoms with Crippen molar-refractivity contribution in [3.8, 4) is 22.9 Å². The van der Waals surface area contributed by atoms with Gasteiger partial charge in [0.1, 0.15) is 23.2 Å². The molecule has 2 aromatic rings. The van der Waals surface area contributed by atoms with Gasteiger partial charge < -0.3 is 20.1 Å². The molecule has 0 unspecified atom stereocenters. The molecule has 0 spiro atoms. The van der Waals surface area contributed by atoms with Crippen molar-refractivity contribution in [3.05, 3.63) is 41.1 Å². The molecule has 0 bridgehead atoms. The lowest BCUT2D eigenvalue weighted by Crippen LogP contribution is -2.37. The molecule has 28 heavy (non-hydrogen) atoms. The van der Waals surface area contributed by atoms with Gasteiger partial charge in [-0.15, -0.1) is 0 Å². The number of carbonyl (C=O) groups excluding carboxylic acids is 1. The second-order valence-electron chi connectivity index (χ2n) is 6.85. The van der Waals surface area contributed by atoms with E-state index >= 15 is 0 Å². The van der Waals surface area contributed by atoms with Crippen molar-refractivity contribution in [2.45, 2.75) is 39.8 Å². The van der Waals surface area contributed by atoms with Crippen LogP contribution < -0.4 is 10.5 Å². The predicted molar refractivity (Wildman–Crippen MR) is 106 cm³/mol. The van der Waals surface area contributed by atoms with Crippen LogP contribution in [0.2, 0.25) is 0 Å². The summed E-state index contributed by atoms with van der Waals surface area (Å²) in [5, 5.41) is 9.70. The first-order valence-corrected chi connectivity index (χ1v) is 9.34. The molecule has 1 aliphatic heterocycles. The van der Waals surface area contributed by atoms with Gasteiger partial charge in [-0.25, -0.2) is 9.78 Å². The highest BCUT2D eigenvalue weighted by Gasteiger charge is 2.28. The number of nitrogen functional groups attached to an aromatic ring is 1. The smallest absolute Gasteiger partial charge is 0.410 e. The van der Waals surface area contributed by atoms with Gasteiger partial charge in [0, 0.05) is 24.1 Å². The van der Waals surface area contributed by atoms with Gasteiger partial charge in [0.15, 0.2) is 0 Å². The Morgan fingerprint density at radius 1 is 1.36 bits per heavy atom. The molecule has 0 atom stereocenters. The molecule has 0 fully saturated rings. The van der Waals surface area contributed by atoms with Gasteiger partial charge in [0.2, 0.25) is 0 Å². The molecule has 2 heterocycles. The lowest BCUT2D eigenvalue weighted by Gasteiger charge is -2.29. The predicted octanol–water partition coefficient (Wildman–Crippen LogP) is 3.50. The minimum Gasteiger partial charge on any atom is -0.491 e. The number of nitrogens with zero attached hydrogens (tertiary/aromatic N) is 3. The summed E-state index contributed by atoms with van der Waals surface area (Å²) < 4.78 is 10.8. The summed E-state index contributed by atoms with van der Waals surface area (Å²) in [5.41, 5.74) is 9.59. The molecule has 1 aromatic heterocycles. The molecule has 1 aromatic carbocycles. The standard InChI is InChI=1S/C21H24N4O3/c1-4-27-21(26)25-10-9-18-17(12-25)19(16(11-22)20(23)24-18)14-5-7-15(8-6-14)28-13(2)3/h5-8,13H,4,9-10,12H2,1-3H3,(H2,23,24). The van der Waals surface area contributed by atoms with Gasteiger partial charge in [-0.3, -0.25) is 0 Å². The van der Waals surface area contributed by atoms with Gasteiger partial charge >= 0.3 is 6.09 Å². The van der Waals surface area contributed by atoms with Crippen LogP contribution in [0, 0.1) is 11.3 Å². The SMILES string of the molecule is CCOC(=O)N1CCc2nc(N)c(C#N)c(-c3ccc(OC(C)C)cc3)c2C1. The average Bonchev–Trinajstić information content (AvgIpc) is 2.67. The minimum absolute atomic E-state index is 0.0722. The third kappa shape index (κ3) is 3.86. The van der Waals surface area contributed by atoms with E-state index in [9.17, 15) is 10.1 Å². The number of anilines is 1. The number of nitrogens with two attached hydrogens (primary N) is 1. The number of aromatic nitrogens is 1. The zero-order valence-corrected chi connectivity index (χ0v) is 16.4. The molecule has 0 saturated heterocycles. The highest BCUT2D eigenvalue weighted by atomic mass is 16.6. The van der Waals surface area contributed by atoms with Crippen LogP contribution in [0.3, 0.4) is 0 Å². The Bertz CT molecular complexity index is 917. The van der Waals surface area contributed by atoms with Crippen LogP contribution in [0.4, 0.5) is 10.6 Å². The third-order valence-corrected chi connectivity index (χ3v) is 4.53. The van der Waals surface area contributed by atoms with E-state index < -0.39 is 0 Å². The summed E-state index contributed by atoms with van der Waals surface area (Å²) in [6.07, 6.45) is 0.268. The Kier molecular flexibility index (Phi) is 5.69. The largest absolute Gasteiger partial charge is 0.491 e. The number of hydrogen-bond donors (Lipinski definition) is 1. The van der Waals surface area contributed by atoms with Crippen molar-refractivity contribution in [1.82, 2.24) is 9.88 Å². The number of rotatable bonds is 4. The van der Waals surface area contributed by atoms with E-state index in [4.69, 9.17) is 15.2 Å². The fourth-order valence-electron chi connectivity index (χ4n) is 3.35. The van der Waals surface area contributed by atoms with Gasteiger partial charge in [-0.2, -0.15) is 5.26 Å². The van der Waals surface area contributed by atoms with Crippen molar-refractivity contribution in [2.75, 3.05) is 18.9 Å². The molecule has 3 rings (SSSR count). The zero-order chi connectivity index (χ0) is 20.3. The Hall–Kier alpha value is -3.27. The maximum absolute atomic E-state index is 12.2. The molecule has 0 radical (unpaired) electrons. The maximum Gasteiger partial charge on any atom is 0.410 e. The highest BCUT2D eigenvalue weighted by Crippen LogP contribution is 2.36. The first kappa shape index (κ1) is 19.5. The normalized spacial score (nSPS) is 13.0. The lowest BCUT2D eigenvalue weighted by molar-refractivity contribution is 0.102. The number of carbonyl (C=O) groups is 1. The molecule has 7 heteroatoms. The van der Waals surface area contributed by atoms with Crippen LogP contribution in [0.15, 0.2) is 24.3 Å². The van der Waals surface area contributed by atoms with Crippen molar-refractivity contribution in [2.24, 2.45) is 0 Å². The molecular formula is C21H24N4O3. The maximum atomic E-state index is 12.2. The summed E-state index contributed by atoms with van der Waals surface area (Å²) in [5.74, 6) is 0.963. The molecule has 1 amide bonds. The molecule has 2 N–H and O–H groups in total. The van der Waals surface area contributed by atoms with Crippen LogP contribution in [0.1, 0.15) is 37.6 Å². The molecular weight excluding hydrogens is 356 g/mol. The van der Waals surface area contributed by atoms with Crippen molar-refractivity contribution < 1.29 is 14.3 Å². The lowest BCUT2D eigenvalue weighted by atomic mass is 9.91. The zero-order valence-electron chi connectivity index (χ0n) is 16.4. The van der Waals surface area contributed by atoms with Crippen molar-refractivity contribution >= 4 is 11.9 Å². The number of ether oxygens (including phenoxy) is 2. The molecule has 0 saturated carbocycles. The summed E-state index contributed by atoms with van der Waals surface area (Å²) in [6, 6.07) is 9.71. The van der Waals surface area contributed by atoms with E-state index in [0.29, 0.717) is 31.7 Å². The Balaban J connectivity index is 2.06. The van der Waals surface area contributed by atoms with E-state index in [1.807, 2.05) is 38.1 Å². The summed E-state index contributed by atoms with van der Waals surface area (Å²) in [4.78, 5) is 18.3. The number of amides is 1. The molecule has 7 nitrogen and oxygen atoms in total. The van der Waals surface area contributed by atoms with Crippen LogP contribution in [0.5, 0.6) is 5.75 Å². The molecule has 1 aliphatic rings. The quantitative estimate of drug-likeness (QED) is 0.871. The van der Waals surface area contributed by atoms with Crippen LogP contribution in [-0.2, 0) is 17.7 Å².